The van der Waals surface area contributed by atoms with Gasteiger partial charge in [-0.3, -0.25) is 0 Å². The average molecular weight is 219 g/mol. The third-order valence-corrected chi connectivity index (χ3v) is 3.04. The van der Waals surface area contributed by atoms with Crippen molar-refractivity contribution in [3.8, 4) is 5.75 Å². The highest BCUT2D eigenvalue weighted by atomic mass is 16.5. The molecule has 1 unspecified atom stereocenters. The molecule has 16 heavy (non-hydrogen) atoms. The minimum absolute atomic E-state index is 0.273. The molecule has 0 N–H and O–H groups in total. The maximum atomic E-state index is 10.9. The Bertz CT molecular complexity index is 412. The van der Waals surface area contributed by atoms with Crippen molar-refractivity contribution in [2.75, 3.05) is 0 Å². The minimum atomic E-state index is -0.306. The Labute approximate surface area is 95.8 Å². The Balaban J connectivity index is 2.46. The van der Waals surface area contributed by atoms with Crippen LogP contribution in [0.15, 0.2) is 23.4 Å². The molecular formula is C13H17NO2. The Morgan fingerprint density at radius 2 is 2.25 bits per heavy atom. The normalized spacial score (nSPS) is 22.1. The average Bonchev–Trinajstić information content (AvgIpc) is 2.26. The van der Waals surface area contributed by atoms with E-state index in [0.29, 0.717) is 6.42 Å². The van der Waals surface area contributed by atoms with Crippen LogP contribution in [-0.2, 0) is 6.42 Å². The first-order valence-corrected chi connectivity index (χ1v) is 5.70. The van der Waals surface area contributed by atoms with Crippen molar-refractivity contribution in [2.24, 2.45) is 5.18 Å². The molecule has 0 saturated carbocycles. The smallest absolute Gasteiger partial charge is 0.125 e. The van der Waals surface area contributed by atoms with Gasteiger partial charge < -0.3 is 4.74 Å². The summed E-state index contributed by atoms with van der Waals surface area (Å²) in [6.45, 7) is 6.07. The number of hydrogen-bond donors (Lipinski definition) is 0. The van der Waals surface area contributed by atoms with Crippen LogP contribution in [0.1, 0.15) is 44.4 Å². The molecule has 86 valence electrons. The van der Waals surface area contributed by atoms with E-state index in [1.54, 1.807) is 0 Å². The van der Waals surface area contributed by atoms with Crippen LogP contribution in [0.3, 0.4) is 0 Å². The number of ether oxygens (including phenoxy) is 1. The molecule has 0 fully saturated rings. The lowest BCUT2D eigenvalue weighted by Gasteiger charge is -2.35. The Hall–Kier alpha value is -1.38. The molecular weight excluding hydrogens is 202 g/mol. The first-order valence-electron chi connectivity index (χ1n) is 5.70. The summed E-state index contributed by atoms with van der Waals surface area (Å²) in [6, 6.07) is 5.76. The Kier molecular flexibility index (Phi) is 2.70. The molecule has 2 rings (SSSR count). The molecule has 1 aromatic carbocycles. The zero-order valence-electron chi connectivity index (χ0n) is 9.99. The minimum Gasteiger partial charge on any atom is -0.487 e. The zero-order chi connectivity index (χ0) is 11.8. The molecule has 1 aliphatic rings. The summed E-state index contributed by atoms with van der Waals surface area (Å²) >= 11 is 0. The molecule has 1 atom stereocenters. The van der Waals surface area contributed by atoms with Gasteiger partial charge in [-0.15, -0.1) is 0 Å². The standard InChI is InChI=1S/C13H17NO2/c1-4-9-5-6-12-10(7-9)11(14-15)8-13(2,3)16-12/h5-7,11H,4,8H2,1-3H3. The SMILES string of the molecule is CCc1ccc2c(c1)C(N=O)CC(C)(C)O2. The molecule has 1 aliphatic heterocycles. The first-order chi connectivity index (χ1) is 7.55. The van der Waals surface area contributed by atoms with E-state index in [0.717, 1.165) is 17.7 Å². The van der Waals surface area contributed by atoms with Crippen molar-refractivity contribution in [2.45, 2.75) is 45.3 Å². The van der Waals surface area contributed by atoms with Crippen LogP contribution in [0.2, 0.25) is 0 Å². The van der Waals surface area contributed by atoms with Crippen LogP contribution in [0.25, 0.3) is 0 Å². The topological polar surface area (TPSA) is 38.7 Å². The van der Waals surface area contributed by atoms with Crippen molar-refractivity contribution in [3.05, 3.63) is 34.2 Å². The monoisotopic (exact) mass is 219 g/mol. The molecule has 0 saturated heterocycles. The number of nitrogens with zero attached hydrogens (tertiary/aromatic N) is 1. The fraction of sp³-hybridized carbons (Fsp3) is 0.538. The highest BCUT2D eigenvalue weighted by Gasteiger charge is 2.34. The van der Waals surface area contributed by atoms with Gasteiger partial charge in [0.1, 0.15) is 17.4 Å². The van der Waals surface area contributed by atoms with E-state index in [1.165, 1.54) is 5.56 Å². The summed E-state index contributed by atoms with van der Waals surface area (Å²) < 4.78 is 5.85. The van der Waals surface area contributed by atoms with E-state index in [4.69, 9.17) is 4.74 Å². The summed E-state index contributed by atoms with van der Waals surface area (Å²) in [5.41, 5.74) is 1.85. The summed E-state index contributed by atoms with van der Waals surface area (Å²) in [5, 5.41) is 3.23. The van der Waals surface area contributed by atoms with Gasteiger partial charge in [-0.05, 0) is 38.0 Å². The maximum Gasteiger partial charge on any atom is 0.125 e. The van der Waals surface area contributed by atoms with E-state index in [2.05, 4.69) is 12.1 Å². The highest BCUT2D eigenvalue weighted by molar-refractivity contribution is 5.42. The molecule has 1 heterocycles. The van der Waals surface area contributed by atoms with Gasteiger partial charge in [-0.1, -0.05) is 18.2 Å². The zero-order valence-corrected chi connectivity index (χ0v) is 9.99. The van der Waals surface area contributed by atoms with Crippen molar-refractivity contribution < 1.29 is 4.74 Å². The second-order valence-electron chi connectivity index (χ2n) is 4.91. The van der Waals surface area contributed by atoms with Crippen molar-refractivity contribution in [3.63, 3.8) is 0 Å². The second-order valence-corrected chi connectivity index (χ2v) is 4.91. The molecule has 0 amide bonds. The predicted octanol–water partition coefficient (Wildman–Crippen LogP) is 3.62. The number of aryl methyl sites for hydroxylation is 1. The predicted molar refractivity (Wildman–Crippen MR) is 63.7 cm³/mol. The summed E-state index contributed by atoms with van der Waals surface area (Å²) in [4.78, 5) is 10.9. The molecule has 3 nitrogen and oxygen atoms in total. The molecule has 0 radical (unpaired) electrons. The van der Waals surface area contributed by atoms with Gasteiger partial charge in [-0.2, -0.15) is 4.91 Å². The summed E-state index contributed by atoms with van der Waals surface area (Å²) in [5.74, 6) is 0.804. The molecule has 0 aromatic heterocycles. The number of rotatable bonds is 2. The van der Waals surface area contributed by atoms with Crippen LogP contribution in [0.5, 0.6) is 5.75 Å². The van der Waals surface area contributed by atoms with Gasteiger partial charge in [0.05, 0.1) is 0 Å². The Morgan fingerprint density at radius 3 is 2.88 bits per heavy atom. The quantitative estimate of drug-likeness (QED) is 0.712. The van der Waals surface area contributed by atoms with Crippen LogP contribution in [-0.4, -0.2) is 5.60 Å². The van der Waals surface area contributed by atoms with E-state index in [9.17, 15) is 4.91 Å². The third-order valence-electron chi connectivity index (χ3n) is 3.04. The molecule has 0 spiro atoms. The van der Waals surface area contributed by atoms with Crippen LogP contribution >= 0.6 is 0 Å². The van der Waals surface area contributed by atoms with Crippen LogP contribution in [0, 0.1) is 4.91 Å². The van der Waals surface area contributed by atoms with E-state index in [-0.39, 0.29) is 11.6 Å². The second kappa shape index (κ2) is 3.89. The van der Waals surface area contributed by atoms with Gasteiger partial charge in [0.2, 0.25) is 0 Å². The van der Waals surface area contributed by atoms with Gasteiger partial charge in [0.15, 0.2) is 0 Å². The summed E-state index contributed by atoms with van der Waals surface area (Å²) in [6.07, 6.45) is 1.61. The summed E-state index contributed by atoms with van der Waals surface area (Å²) in [7, 11) is 0. The fourth-order valence-electron chi connectivity index (χ4n) is 2.18. The van der Waals surface area contributed by atoms with Gasteiger partial charge >= 0.3 is 0 Å². The van der Waals surface area contributed by atoms with Crippen molar-refractivity contribution in [1.29, 1.82) is 0 Å². The van der Waals surface area contributed by atoms with Gasteiger partial charge in [0.25, 0.3) is 0 Å². The molecule has 0 bridgehead atoms. The van der Waals surface area contributed by atoms with E-state index < -0.39 is 0 Å². The lowest BCUT2D eigenvalue weighted by molar-refractivity contribution is 0.0729. The van der Waals surface area contributed by atoms with Crippen LogP contribution < -0.4 is 4.74 Å². The fourth-order valence-corrected chi connectivity index (χ4v) is 2.18. The number of nitroso groups, excluding NO2 is 1. The largest absolute Gasteiger partial charge is 0.487 e. The highest BCUT2D eigenvalue weighted by Crippen LogP contribution is 2.41. The van der Waals surface area contributed by atoms with Crippen molar-refractivity contribution >= 4 is 0 Å². The van der Waals surface area contributed by atoms with Crippen molar-refractivity contribution in [1.82, 2.24) is 0 Å². The third kappa shape index (κ3) is 1.94. The van der Waals surface area contributed by atoms with Crippen LogP contribution in [0.4, 0.5) is 0 Å². The number of hydrogen-bond acceptors (Lipinski definition) is 3. The molecule has 0 aliphatic carbocycles. The maximum absolute atomic E-state index is 10.9. The first kappa shape index (κ1) is 11.1. The number of fused-ring (bicyclic) bond motifs is 1. The number of benzene rings is 1. The van der Waals surface area contributed by atoms with Gasteiger partial charge in [-0.25, -0.2) is 0 Å². The van der Waals surface area contributed by atoms with E-state index >= 15 is 0 Å². The van der Waals surface area contributed by atoms with Gasteiger partial charge in [0, 0.05) is 12.0 Å². The van der Waals surface area contributed by atoms with E-state index in [1.807, 2.05) is 32.0 Å². The molecule has 3 heteroatoms. The Morgan fingerprint density at radius 1 is 1.50 bits per heavy atom. The lowest BCUT2D eigenvalue weighted by atomic mass is 9.89. The lowest BCUT2D eigenvalue weighted by Crippen LogP contribution is -2.34. The molecule has 1 aromatic rings.